The summed E-state index contributed by atoms with van der Waals surface area (Å²) >= 11 is 0. The third kappa shape index (κ3) is 5.06. The predicted octanol–water partition coefficient (Wildman–Crippen LogP) is 3.15. The van der Waals surface area contributed by atoms with Crippen molar-refractivity contribution in [2.75, 3.05) is 13.7 Å². The highest BCUT2D eigenvalue weighted by molar-refractivity contribution is 5.97. The lowest BCUT2D eigenvalue weighted by atomic mass is 10.0. The van der Waals surface area contributed by atoms with Crippen LogP contribution in [0.5, 0.6) is 11.6 Å². The molecule has 0 radical (unpaired) electrons. The van der Waals surface area contributed by atoms with Crippen molar-refractivity contribution in [3.63, 3.8) is 0 Å². The molecule has 0 fully saturated rings. The fourth-order valence-corrected chi connectivity index (χ4v) is 3.99. The average molecular weight is 513 g/mol. The van der Waals surface area contributed by atoms with Gasteiger partial charge in [-0.2, -0.15) is 0 Å². The number of carbonyl (C=O) groups is 1. The number of aromatic nitrogens is 6. The highest BCUT2D eigenvalue weighted by Gasteiger charge is 2.16. The number of methoxy groups -OCH3 is 1. The number of hydrogen-bond donors (Lipinski definition) is 4. The second-order valence-electron chi connectivity index (χ2n) is 8.26. The van der Waals surface area contributed by atoms with Crippen molar-refractivity contribution in [2.24, 2.45) is 0 Å². The maximum absolute atomic E-state index is 12.8. The lowest BCUT2D eigenvalue weighted by molar-refractivity contribution is 0.0949. The number of nitrogens with zero attached hydrogens (tertiary/aromatic N) is 5. The van der Waals surface area contributed by atoms with Crippen LogP contribution in [0.1, 0.15) is 16.2 Å². The van der Waals surface area contributed by atoms with Crippen LogP contribution in [0.25, 0.3) is 33.5 Å². The van der Waals surface area contributed by atoms with E-state index in [1.807, 2.05) is 10.6 Å². The molecule has 0 aliphatic rings. The molecule has 3 heterocycles. The number of aromatic amines is 1. The lowest BCUT2D eigenvalue weighted by Gasteiger charge is -2.09. The van der Waals surface area contributed by atoms with Crippen LogP contribution in [-0.2, 0) is 17.8 Å². The van der Waals surface area contributed by atoms with Crippen molar-refractivity contribution in [2.45, 2.75) is 13.1 Å². The first-order valence-electron chi connectivity index (χ1n) is 11.7. The molecular weight excluding hydrogens is 488 g/mol. The third-order valence-corrected chi connectivity index (χ3v) is 5.89. The molecule has 4 N–H and O–H groups in total. The van der Waals surface area contributed by atoms with E-state index in [1.165, 1.54) is 0 Å². The Morgan fingerprint density at radius 2 is 2.11 bits per heavy atom. The van der Waals surface area contributed by atoms with Crippen LogP contribution >= 0.6 is 0 Å². The summed E-state index contributed by atoms with van der Waals surface area (Å²) < 4.78 is 12.1. The van der Waals surface area contributed by atoms with Crippen LogP contribution in [0.15, 0.2) is 61.1 Å². The first-order chi connectivity index (χ1) is 18.6. The van der Waals surface area contributed by atoms with Crippen LogP contribution < -0.4 is 10.1 Å². The third-order valence-electron chi connectivity index (χ3n) is 5.89. The first kappa shape index (κ1) is 24.6. The van der Waals surface area contributed by atoms with E-state index in [1.54, 1.807) is 62.1 Å². The maximum Gasteiger partial charge on any atom is 0.251 e. The molecule has 3 aromatic heterocycles. The van der Waals surface area contributed by atoms with Crippen molar-refractivity contribution in [1.82, 2.24) is 35.0 Å². The number of phenols is 1. The van der Waals surface area contributed by atoms with Crippen LogP contribution in [0.4, 0.5) is 0 Å². The summed E-state index contributed by atoms with van der Waals surface area (Å²) in [6.45, 7) is 1.31. The molecule has 1 amide bonds. The molecular formula is C26H24N8O4. The van der Waals surface area contributed by atoms with Gasteiger partial charge in [-0.05, 0) is 48.0 Å². The van der Waals surface area contributed by atoms with Crippen molar-refractivity contribution in [3.8, 4) is 34.1 Å². The molecule has 0 atom stereocenters. The number of nitrogens with one attached hydrogen (secondary N) is 3. The van der Waals surface area contributed by atoms with Gasteiger partial charge >= 0.3 is 0 Å². The van der Waals surface area contributed by atoms with Crippen LogP contribution in [-0.4, -0.2) is 60.8 Å². The fourth-order valence-electron chi connectivity index (χ4n) is 3.99. The molecule has 192 valence electrons. The van der Waals surface area contributed by atoms with E-state index < -0.39 is 0 Å². The Hall–Kier alpha value is -5.10. The van der Waals surface area contributed by atoms with Crippen molar-refractivity contribution >= 4 is 23.3 Å². The number of carbonyl (C=O) groups excluding carboxylic acids is 1. The zero-order chi connectivity index (χ0) is 26.5. The highest BCUT2D eigenvalue weighted by atomic mass is 16.5. The Kier molecular flexibility index (Phi) is 7.04. The molecule has 0 aliphatic carbocycles. The standard InChI is InChI=1S/C26H24N8O4/c1-37-10-9-34-15-30-33-23(34)13-29-25(36)17-4-6-20-21(12-17)32-24(31-20)19-11-16(5-7-22(19)35)18-3-2-8-28-26(18)38-14-27/h2-8,11-12,14-15,27,35H,9-10,13H2,1H3,(H,29,36)(H,31,32). The zero-order valence-electron chi connectivity index (χ0n) is 20.4. The molecule has 0 saturated carbocycles. The molecule has 0 aliphatic heterocycles. The molecule has 0 saturated heterocycles. The van der Waals surface area contributed by atoms with E-state index in [0.29, 0.717) is 52.5 Å². The summed E-state index contributed by atoms with van der Waals surface area (Å²) in [7, 11) is 1.62. The smallest absolute Gasteiger partial charge is 0.251 e. The minimum absolute atomic E-state index is 0.0294. The van der Waals surface area contributed by atoms with E-state index in [4.69, 9.17) is 14.9 Å². The Labute approximate surface area is 216 Å². The van der Waals surface area contributed by atoms with Crippen LogP contribution in [0.3, 0.4) is 0 Å². The number of rotatable bonds is 10. The first-order valence-corrected chi connectivity index (χ1v) is 11.7. The number of imidazole rings is 1. The Morgan fingerprint density at radius 1 is 1.21 bits per heavy atom. The van der Waals surface area contributed by atoms with Gasteiger partial charge in [0.25, 0.3) is 5.91 Å². The van der Waals surface area contributed by atoms with E-state index in [2.05, 4.69) is 30.5 Å². The summed E-state index contributed by atoms with van der Waals surface area (Å²) in [6.07, 6.45) is 3.98. The van der Waals surface area contributed by atoms with Gasteiger partial charge in [-0.25, -0.2) is 9.97 Å². The number of fused-ring (bicyclic) bond motifs is 1. The Balaban J connectivity index is 1.38. The quantitative estimate of drug-likeness (QED) is 0.164. The van der Waals surface area contributed by atoms with Gasteiger partial charge in [0.15, 0.2) is 12.2 Å². The summed E-state index contributed by atoms with van der Waals surface area (Å²) in [5, 5.41) is 28.6. The molecule has 2 aromatic carbocycles. The maximum atomic E-state index is 12.8. The molecule has 38 heavy (non-hydrogen) atoms. The molecule has 5 rings (SSSR count). The van der Waals surface area contributed by atoms with Gasteiger partial charge in [0.2, 0.25) is 5.88 Å². The normalized spacial score (nSPS) is 11.0. The van der Waals surface area contributed by atoms with Gasteiger partial charge in [0.1, 0.15) is 17.9 Å². The topological polar surface area (TPSA) is 164 Å². The van der Waals surface area contributed by atoms with E-state index in [0.717, 1.165) is 12.0 Å². The number of hydrogen-bond acceptors (Lipinski definition) is 9. The number of aromatic hydroxyl groups is 1. The summed E-state index contributed by atoms with van der Waals surface area (Å²) in [5.74, 6) is 1.09. The summed E-state index contributed by atoms with van der Waals surface area (Å²) in [4.78, 5) is 24.8. The van der Waals surface area contributed by atoms with Crippen molar-refractivity contribution < 1.29 is 19.4 Å². The number of amides is 1. The monoisotopic (exact) mass is 512 g/mol. The average Bonchev–Trinajstić information content (AvgIpc) is 3.57. The van der Waals surface area contributed by atoms with Gasteiger partial charge in [0, 0.05) is 31.0 Å². The van der Waals surface area contributed by atoms with E-state index in [-0.39, 0.29) is 24.1 Å². The SMILES string of the molecule is COCCn1cnnc1CNC(=O)c1ccc2nc(-c3cc(-c4cccnc4OC=N)ccc3O)[nH]c2c1. The zero-order valence-corrected chi connectivity index (χ0v) is 20.4. The van der Waals surface area contributed by atoms with Gasteiger partial charge in [-0.1, -0.05) is 6.07 Å². The molecule has 0 bridgehead atoms. The van der Waals surface area contributed by atoms with Crippen LogP contribution in [0, 0.1) is 5.41 Å². The fraction of sp³-hybridized carbons (Fsp3) is 0.154. The summed E-state index contributed by atoms with van der Waals surface area (Å²) in [6, 6.07) is 13.7. The van der Waals surface area contributed by atoms with Gasteiger partial charge in [-0.3, -0.25) is 10.2 Å². The molecule has 0 spiro atoms. The molecule has 5 aromatic rings. The minimum atomic E-state index is -0.274. The largest absolute Gasteiger partial charge is 0.507 e. The van der Waals surface area contributed by atoms with Gasteiger partial charge in [-0.15, -0.1) is 10.2 Å². The number of H-pyrrole nitrogens is 1. The van der Waals surface area contributed by atoms with Crippen molar-refractivity contribution in [3.05, 3.63) is 72.4 Å². The van der Waals surface area contributed by atoms with Gasteiger partial charge < -0.3 is 29.4 Å². The van der Waals surface area contributed by atoms with E-state index >= 15 is 0 Å². The number of benzene rings is 2. The van der Waals surface area contributed by atoms with E-state index in [9.17, 15) is 9.90 Å². The Bertz CT molecular complexity index is 1610. The van der Waals surface area contributed by atoms with Gasteiger partial charge in [0.05, 0.1) is 29.7 Å². The number of phenolic OH excluding ortho intramolecular Hbond substituents is 1. The van der Waals surface area contributed by atoms with Crippen LogP contribution in [0.2, 0.25) is 0 Å². The summed E-state index contributed by atoms with van der Waals surface area (Å²) in [5.41, 5.74) is 3.55. The molecule has 12 heteroatoms. The minimum Gasteiger partial charge on any atom is -0.507 e. The second-order valence-corrected chi connectivity index (χ2v) is 8.26. The lowest BCUT2D eigenvalue weighted by Crippen LogP contribution is -2.25. The predicted molar refractivity (Wildman–Crippen MR) is 139 cm³/mol. The number of ether oxygens (including phenoxy) is 2. The Morgan fingerprint density at radius 3 is 2.95 bits per heavy atom. The highest BCUT2D eigenvalue weighted by Crippen LogP contribution is 2.35. The molecule has 12 nitrogen and oxygen atoms in total. The number of pyridine rings is 1. The second kappa shape index (κ2) is 10.9. The molecule has 0 unspecified atom stereocenters. The van der Waals surface area contributed by atoms with Crippen molar-refractivity contribution in [1.29, 1.82) is 5.41 Å².